The number of hydrogen-bond donors (Lipinski definition) is 4. The van der Waals surface area contributed by atoms with Crippen LogP contribution >= 0.6 is 12.4 Å². The highest BCUT2D eigenvalue weighted by molar-refractivity contribution is 5.87. The summed E-state index contributed by atoms with van der Waals surface area (Å²) in [6.07, 6.45) is -0.541. The Kier molecular flexibility index (Phi) is 10.9. The number of esters is 1. The monoisotopic (exact) mass is 486 g/mol. The van der Waals surface area contributed by atoms with Crippen LogP contribution in [0.15, 0.2) is 46.1 Å². The van der Waals surface area contributed by atoms with Gasteiger partial charge in [0, 0.05) is 6.04 Å². The van der Waals surface area contributed by atoms with Gasteiger partial charge < -0.3 is 20.9 Å². The lowest BCUT2D eigenvalue weighted by Crippen LogP contribution is -2.52. The van der Waals surface area contributed by atoms with E-state index in [1.165, 1.54) is 0 Å². The van der Waals surface area contributed by atoms with Gasteiger partial charge in [-0.3, -0.25) is 19.1 Å². The highest BCUT2D eigenvalue weighted by atomic mass is 35.5. The van der Waals surface area contributed by atoms with Gasteiger partial charge in [-0.2, -0.15) is 4.39 Å². The minimum absolute atomic E-state index is 0. The van der Waals surface area contributed by atoms with Gasteiger partial charge in [-0.25, -0.2) is 9.59 Å². The van der Waals surface area contributed by atoms with Crippen molar-refractivity contribution in [2.45, 2.75) is 51.6 Å². The van der Waals surface area contributed by atoms with Crippen molar-refractivity contribution < 1.29 is 23.8 Å². The SMILES string of the molecule is CC(C)C[C@H](NC(=O)[C@@H](O)[C@H](N)Cc1ccccc1)C(=O)OCn1cc(F)c(=O)[nH]c1=O.Cl. The van der Waals surface area contributed by atoms with Crippen molar-refractivity contribution >= 4 is 24.3 Å². The second-order valence-electron chi connectivity index (χ2n) is 7.79. The van der Waals surface area contributed by atoms with Crippen molar-refractivity contribution in [3.63, 3.8) is 0 Å². The van der Waals surface area contributed by atoms with Crippen molar-refractivity contribution in [2.75, 3.05) is 0 Å². The number of ether oxygens (including phenoxy) is 1. The Balaban J connectivity index is 0.00000544. The maximum Gasteiger partial charge on any atom is 0.331 e. The van der Waals surface area contributed by atoms with Gasteiger partial charge in [0.2, 0.25) is 5.82 Å². The van der Waals surface area contributed by atoms with Crippen LogP contribution < -0.4 is 22.3 Å². The Labute approximate surface area is 195 Å². The number of aliphatic hydroxyl groups is 1. The number of nitrogens with two attached hydrogens (primary N) is 1. The normalized spacial score (nSPS) is 13.5. The molecule has 0 fully saturated rings. The molecule has 2 rings (SSSR count). The highest BCUT2D eigenvalue weighted by Gasteiger charge is 2.29. The molecule has 182 valence electrons. The van der Waals surface area contributed by atoms with Gasteiger partial charge in [-0.15, -0.1) is 12.4 Å². The van der Waals surface area contributed by atoms with Crippen molar-refractivity contribution in [1.29, 1.82) is 0 Å². The first kappa shape index (κ1) is 28.0. The average Bonchev–Trinajstić information content (AvgIpc) is 2.74. The van der Waals surface area contributed by atoms with E-state index >= 15 is 0 Å². The van der Waals surface area contributed by atoms with E-state index < -0.39 is 53.9 Å². The fourth-order valence-electron chi connectivity index (χ4n) is 2.95. The lowest BCUT2D eigenvalue weighted by atomic mass is 10.00. The molecule has 0 radical (unpaired) electrons. The van der Waals surface area contributed by atoms with Crippen LogP contribution in [0.25, 0.3) is 0 Å². The first-order valence-electron chi connectivity index (χ1n) is 10.0. The third-order valence-electron chi connectivity index (χ3n) is 4.61. The number of hydrogen-bond acceptors (Lipinski definition) is 7. The molecule has 3 atom stereocenters. The standard InChI is InChI=1S/C21H27FN4O6.ClH/c1-12(2)8-16(20(30)32-11-26-10-14(22)18(28)25-21(26)31)24-19(29)17(27)15(23)9-13-6-4-3-5-7-13;/h3-7,10,12,15-17,27H,8-9,11,23H2,1-2H3,(H,24,29)(H,25,28,31);1H/t15-,16+,17+;/m1./s1. The van der Waals surface area contributed by atoms with Crippen molar-refractivity contribution in [2.24, 2.45) is 11.7 Å². The summed E-state index contributed by atoms with van der Waals surface area (Å²) in [5.74, 6) is -2.99. The van der Waals surface area contributed by atoms with E-state index in [-0.39, 0.29) is 31.2 Å². The summed E-state index contributed by atoms with van der Waals surface area (Å²) in [4.78, 5) is 49.5. The molecule has 5 N–H and O–H groups in total. The number of amides is 1. The van der Waals surface area contributed by atoms with Crippen molar-refractivity contribution in [3.8, 4) is 0 Å². The Morgan fingerprint density at radius 3 is 2.48 bits per heavy atom. The molecule has 0 aliphatic heterocycles. The number of aromatic amines is 1. The number of halogens is 2. The van der Waals surface area contributed by atoms with Gasteiger partial charge in [0.25, 0.3) is 11.5 Å². The Morgan fingerprint density at radius 1 is 1.24 bits per heavy atom. The first-order chi connectivity index (χ1) is 15.1. The predicted octanol–water partition coefficient (Wildman–Crippen LogP) is 0.0600. The highest BCUT2D eigenvalue weighted by Crippen LogP contribution is 2.09. The maximum atomic E-state index is 13.4. The lowest BCUT2D eigenvalue weighted by Gasteiger charge is -2.23. The quantitative estimate of drug-likeness (QED) is 0.346. The van der Waals surface area contributed by atoms with Crippen LogP contribution in [-0.2, 0) is 27.5 Å². The molecule has 0 saturated heterocycles. The lowest BCUT2D eigenvalue weighted by molar-refractivity contribution is -0.153. The molecular weight excluding hydrogens is 459 g/mol. The summed E-state index contributed by atoms with van der Waals surface area (Å²) >= 11 is 0. The van der Waals surface area contributed by atoms with E-state index in [2.05, 4.69) is 5.32 Å². The van der Waals surface area contributed by atoms with E-state index in [4.69, 9.17) is 10.5 Å². The number of aliphatic hydroxyl groups excluding tert-OH is 1. The third kappa shape index (κ3) is 8.44. The number of rotatable bonds is 10. The smallest absolute Gasteiger partial charge is 0.331 e. The number of H-pyrrole nitrogens is 1. The number of nitrogens with one attached hydrogen (secondary N) is 2. The van der Waals surface area contributed by atoms with Gasteiger partial charge in [-0.1, -0.05) is 44.2 Å². The topological polar surface area (TPSA) is 157 Å². The van der Waals surface area contributed by atoms with Crippen LogP contribution in [0.1, 0.15) is 25.8 Å². The number of nitrogens with zero attached hydrogens (tertiary/aromatic N) is 1. The Hall–Kier alpha value is -3.02. The second-order valence-corrected chi connectivity index (χ2v) is 7.79. The molecule has 10 nitrogen and oxygen atoms in total. The largest absolute Gasteiger partial charge is 0.442 e. The van der Waals surface area contributed by atoms with Crippen molar-refractivity contribution in [3.05, 3.63) is 68.7 Å². The minimum Gasteiger partial charge on any atom is -0.442 e. The van der Waals surface area contributed by atoms with E-state index in [9.17, 15) is 28.7 Å². The van der Waals surface area contributed by atoms with Gasteiger partial charge in [0.05, 0.1) is 6.20 Å². The molecule has 1 aromatic carbocycles. The molecule has 1 aromatic heterocycles. The minimum atomic E-state index is -1.58. The first-order valence-corrected chi connectivity index (χ1v) is 10.0. The molecule has 0 aliphatic carbocycles. The second kappa shape index (κ2) is 12.9. The van der Waals surface area contributed by atoms with Gasteiger partial charge in [0.15, 0.2) is 6.73 Å². The summed E-state index contributed by atoms with van der Waals surface area (Å²) in [6.45, 7) is 2.95. The fourth-order valence-corrected chi connectivity index (χ4v) is 2.95. The van der Waals surface area contributed by atoms with E-state index in [1.54, 1.807) is 4.98 Å². The van der Waals surface area contributed by atoms with E-state index in [0.29, 0.717) is 10.8 Å². The van der Waals surface area contributed by atoms with Gasteiger partial charge >= 0.3 is 11.7 Å². The van der Waals surface area contributed by atoms with Gasteiger partial charge in [0.1, 0.15) is 12.1 Å². The summed E-state index contributed by atoms with van der Waals surface area (Å²) in [5.41, 5.74) is 4.63. The van der Waals surface area contributed by atoms with Crippen LogP contribution in [0.5, 0.6) is 0 Å². The van der Waals surface area contributed by atoms with Crippen molar-refractivity contribution in [1.82, 2.24) is 14.9 Å². The zero-order chi connectivity index (χ0) is 23.8. The molecule has 0 bridgehead atoms. The molecule has 1 amide bonds. The van der Waals surface area contributed by atoms with Crippen LogP contribution in [0.4, 0.5) is 4.39 Å². The van der Waals surface area contributed by atoms with E-state index in [0.717, 1.165) is 5.56 Å². The molecule has 2 aromatic rings. The van der Waals surface area contributed by atoms with Crippen LogP contribution in [-0.4, -0.2) is 44.7 Å². The molecule has 0 unspecified atom stereocenters. The summed E-state index contributed by atoms with van der Waals surface area (Å²) < 4.78 is 19.0. The number of carbonyl (C=O) groups is 2. The number of aromatic nitrogens is 2. The van der Waals surface area contributed by atoms with Crippen LogP contribution in [0.2, 0.25) is 0 Å². The molecular formula is C21H28ClFN4O6. The maximum absolute atomic E-state index is 13.4. The van der Waals surface area contributed by atoms with Gasteiger partial charge in [-0.05, 0) is 24.3 Å². The number of carbonyl (C=O) groups excluding carboxylic acids is 2. The Morgan fingerprint density at radius 2 is 1.88 bits per heavy atom. The summed E-state index contributed by atoms with van der Waals surface area (Å²) in [6, 6.07) is 7.03. The molecule has 33 heavy (non-hydrogen) atoms. The molecule has 0 spiro atoms. The van der Waals surface area contributed by atoms with Crippen LogP contribution in [0.3, 0.4) is 0 Å². The Bertz CT molecular complexity index is 1040. The molecule has 0 aliphatic rings. The summed E-state index contributed by atoms with van der Waals surface area (Å²) in [5, 5.41) is 12.7. The number of benzene rings is 1. The van der Waals surface area contributed by atoms with E-state index in [1.807, 2.05) is 44.2 Å². The predicted molar refractivity (Wildman–Crippen MR) is 120 cm³/mol. The zero-order valence-electron chi connectivity index (χ0n) is 18.2. The molecule has 1 heterocycles. The third-order valence-corrected chi connectivity index (χ3v) is 4.61. The fraction of sp³-hybridized carbons (Fsp3) is 0.429. The molecule has 0 saturated carbocycles. The van der Waals surface area contributed by atoms with Crippen LogP contribution in [0, 0.1) is 11.7 Å². The summed E-state index contributed by atoms with van der Waals surface area (Å²) in [7, 11) is 0. The zero-order valence-corrected chi connectivity index (χ0v) is 19.0. The molecule has 12 heteroatoms. The average molecular weight is 487 g/mol.